The van der Waals surface area contributed by atoms with E-state index >= 15 is 0 Å². The Hall–Kier alpha value is -1.81. The Morgan fingerprint density at radius 1 is 1.33 bits per heavy atom. The molecule has 0 aliphatic heterocycles. The first-order chi connectivity index (χ1) is 10.1. The third-order valence-corrected chi connectivity index (χ3v) is 3.83. The quantitative estimate of drug-likeness (QED) is 0.789. The molecule has 2 N–H and O–H groups in total. The summed E-state index contributed by atoms with van der Waals surface area (Å²) in [6.07, 6.45) is 5.01. The van der Waals surface area contributed by atoms with Gasteiger partial charge in [0, 0.05) is 18.6 Å². The highest BCUT2D eigenvalue weighted by Crippen LogP contribution is 2.18. The van der Waals surface area contributed by atoms with Gasteiger partial charge in [-0.1, -0.05) is 18.2 Å². The lowest BCUT2D eigenvalue weighted by molar-refractivity contribution is -0.122. The Bertz CT molecular complexity index is 525. The van der Waals surface area contributed by atoms with Crippen molar-refractivity contribution in [2.45, 2.75) is 32.7 Å². The van der Waals surface area contributed by atoms with Crippen LogP contribution in [0.5, 0.6) is 5.75 Å². The average Bonchev–Trinajstić information content (AvgIpc) is 2.90. The minimum absolute atomic E-state index is 0.0212. The van der Waals surface area contributed by atoms with Crippen molar-refractivity contribution >= 4 is 5.91 Å². The number of aryl methyl sites for hydroxylation is 2. The zero-order valence-corrected chi connectivity index (χ0v) is 12.6. The van der Waals surface area contributed by atoms with Crippen LogP contribution in [-0.4, -0.2) is 30.3 Å². The SMILES string of the molecule is Cc1ccc(OCCC(=O)N[C@@H]2C=C[C@H](CO)C2)cc1C. The van der Waals surface area contributed by atoms with Crippen LogP contribution in [0.2, 0.25) is 0 Å². The molecule has 21 heavy (non-hydrogen) atoms. The monoisotopic (exact) mass is 289 g/mol. The van der Waals surface area contributed by atoms with Gasteiger partial charge in [0.15, 0.2) is 0 Å². The smallest absolute Gasteiger partial charge is 0.223 e. The lowest BCUT2D eigenvalue weighted by atomic mass is 10.1. The van der Waals surface area contributed by atoms with Crippen LogP contribution >= 0.6 is 0 Å². The number of amides is 1. The molecule has 0 unspecified atom stereocenters. The average molecular weight is 289 g/mol. The second kappa shape index (κ2) is 7.27. The minimum Gasteiger partial charge on any atom is -0.493 e. The number of rotatable bonds is 6. The van der Waals surface area contributed by atoms with Gasteiger partial charge in [0.1, 0.15) is 5.75 Å². The van der Waals surface area contributed by atoms with Gasteiger partial charge in [-0.05, 0) is 43.5 Å². The van der Waals surface area contributed by atoms with Crippen molar-refractivity contribution in [3.63, 3.8) is 0 Å². The predicted octanol–water partition coefficient (Wildman–Crippen LogP) is 2.13. The second-order valence-electron chi connectivity index (χ2n) is 5.58. The molecule has 0 saturated heterocycles. The van der Waals surface area contributed by atoms with Crippen LogP contribution in [0.4, 0.5) is 0 Å². The summed E-state index contributed by atoms with van der Waals surface area (Å²) in [7, 11) is 0. The highest BCUT2D eigenvalue weighted by Gasteiger charge is 2.19. The number of aliphatic hydroxyl groups is 1. The van der Waals surface area contributed by atoms with Crippen molar-refractivity contribution < 1.29 is 14.6 Å². The fourth-order valence-corrected chi connectivity index (χ4v) is 2.36. The summed E-state index contributed by atoms with van der Waals surface area (Å²) < 4.78 is 5.60. The summed E-state index contributed by atoms with van der Waals surface area (Å²) in [5.74, 6) is 0.946. The normalized spacial score (nSPS) is 20.5. The third-order valence-electron chi connectivity index (χ3n) is 3.83. The molecule has 0 radical (unpaired) electrons. The highest BCUT2D eigenvalue weighted by molar-refractivity contribution is 5.76. The van der Waals surface area contributed by atoms with E-state index < -0.39 is 0 Å². The summed E-state index contributed by atoms with van der Waals surface area (Å²) in [6, 6.07) is 5.96. The number of hydrogen-bond donors (Lipinski definition) is 2. The summed E-state index contributed by atoms with van der Waals surface area (Å²) in [4.78, 5) is 11.8. The minimum atomic E-state index is -0.0212. The summed E-state index contributed by atoms with van der Waals surface area (Å²) in [5, 5.41) is 12.0. The van der Waals surface area contributed by atoms with E-state index in [9.17, 15) is 4.79 Å². The van der Waals surface area contributed by atoms with Gasteiger partial charge >= 0.3 is 0 Å². The number of benzene rings is 1. The third kappa shape index (κ3) is 4.60. The molecule has 2 atom stereocenters. The first-order valence-corrected chi connectivity index (χ1v) is 7.37. The maximum Gasteiger partial charge on any atom is 0.223 e. The number of carbonyl (C=O) groups excluding carboxylic acids is 1. The molecule has 0 aromatic heterocycles. The van der Waals surface area contributed by atoms with Crippen LogP contribution in [0.25, 0.3) is 0 Å². The van der Waals surface area contributed by atoms with E-state index in [1.54, 1.807) is 0 Å². The van der Waals surface area contributed by atoms with Gasteiger partial charge in [-0.3, -0.25) is 4.79 Å². The van der Waals surface area contributed by atoms with Crippen LogP contribution in [0, 0.1) is 19.8 Å². The van der Waals surface area contributed by atoms with Crippen LogP contribution < -0.4 is 10.1 Å². The number of hydrogen-bond acceptors (Lipinski definition) is 3. The van der Waals surface area contributed by atoms with E-state index in [-0.39, 0.29) is 24.5 Å². The molecule has 0 spiro atoms. The van der Waals surface area contributed by atoms with Crippen molar-refractivity contribution in [1.82, 2.24) is 5.32 Å². The van der Waals surface area contributed by atoms with Crippen molar-refractivity contribution in [3.8, 4) is 5.75 Å². The molecular weight excluding hydrogens is 266 g/mol. The van der Waals surface area contributed by atoms with Crippen molar-refractivity contribution in [2.24, 2.45) is 5.92 Å². The standard InChI is InChI=1S/C17H23NO3/c1-12-3-6-16(9-13(12)2)21-8-7-17(20)18-15-5-4-14(10-15)11-19/h3-6,9,14-15,19H,7-8,10-11H2,1-2H3,(H,18,20)/t14-,15+/m0/s1. The number of ether oxygens (including phenoxy) is 1. The van der Waals surface area contributed by atoms with E-state index in [4.69, 9.17) is 9.84 Å². The number of nitrogens with one attached hydrogen (secondary N) is 1. The van der Waals surface area contributed by atoms with Gasteiger partial charge in [0.25, 0.3) is 0 Å². The molecule has 1 amide bonds. The van der Waals surface area contributed by atoms with Crippen molar-refractivity contribution in [3.05, 3.63) is 41.5 Å². The molecule has 114 valence electrons. The Morgan fingerprint density at radius 3 is 2.81 bits per heavy atom. The molecule has 4 nitrogen and oxygen atoms in total. The Labute approximate surface area is 125 Å². The van der Waals surface area contributed by atoms with Crippen molar-refractivity contribution in [1.29, 1.82) is 0 Å². The Balaban J connectivity index is 1.70. The molecule has 2 rings (SSSR count). The molecule has 1 aromatic carbocycles. The lowest BCUT2D eigenvalue weighted by Gasteiger charge is -2.13. The molecule has 1 aromatic rings. The first-order valence-electron chi connectivity index (χ1n) is 7.37. The molecule has 0 bridgehead atoms. The molecule has 0 heterocycles. The largest absolute Gasteiger partial charge is 0.493 e. The van der Waals surface area contributed by atoms with Crippen LogP contribution in [-0.2, 0) is 4.79 Å². The summed E-state index contributed by atoms with van der Waals surface area (Å²) in [5.41, 5.74) is 2.41. The number of carbonyl (C=O) groups is 1. The molecule has 0 fully saturated rings. The maximum atomic E-state index is 11.8. The van der Waals surface area contributed by atoms with Crippen LogP contribution in [0.15, 0.2) is 30.4 Å². The fraction of sp³-hybridized carbons (Fsp3) is 0.471. The van der Waals surface area contributed by atoms with E-state index in [0.717, 1.165) is 12.2 Å². The Kier molecular flexibility index (Phi) is 5.39. The zero-order valence-electron chi connectivity index (χ0n) is 12.6. The molecular formula is C17H23NO3. The number of aliphatic hydroxyl groups excluding tert-OH is 1. The van der Waals surface area contributed by atoms with E-state index in [0.29, 0.717) is 13.0 Å². The van der Waals surface area contributed by atoms with Gasteiger partial charge in [0.05, 0.1) is 13.0 Å². The second-order valence-corrected chi connectivity index (χ2v) is 5.58. The van der Waals surface area contributed by atoms with E-state index in [2.05, 4.69) is 12.2 Å². The maximum absolute atomic E-state index is 11.8. The first kappa shape index (κ1) is 15.6. The molecule has 1 aliphatic rings. The fourth-order valence-electron chi connectivity index (χ4n) is 2.36. The highest BCUT2D eigenvalue weighted by atomic mass is 16.5. The lowest BCUT2D eigenvalue weighted by Crippen LogP contribution is -2.33. The topological polar surface area (TPSA) is 58.6 Å². The van der Waals surface area contributed by atoms with E-state index in [1.165, 1.54) is 11.1 Å². The molecule has 4 heteroatoms. The Morgan fingerprint density at radius 2 is 2.14 bits per heavy atom. The van der Waals surface area contributed by atoms with Crippen LogP contribution in [0.3, 0.4) is 0 Å². The van der Waals surface area contributed by atoms with Crippen molar-refractivity contribution in [2.75, 3.05) is 13.2 Å². The van der Waals surface area contributed by atoms with Gasteiger partial charge < -0.3 is 15.2 Å². The molecule has 1 aliphatic carbocycles. The van der Waals surface area contributed by atoms with Gasteiger partial charge in [-0.15, -0.1) is 0 Å². The summed E-state index contributed by atoms with van der Waals surface area (Å²) in [6.45, 7) is 4.60. The van der Waals surface area contributed by atoms with Gasteiger partial charge in [-0.25, -0.2) is 0 Å². The van der Waals surface area contributed by atoms with Gasteiger partial charge in [-0.2, -0.15) is 0 Å². The zero-order chi connectivity index (χ0) is 15.2. The van der Waals surface area contributed by atoms with Crippen LogP contribution in [0.1, 0.15) is 24.0 Å². The van der Waals surface area contributed by atoms with Gasteiger partial charge in [0.2, 0.25) is 5.91 Å². The molecule has 0 saturated carbocycles. The summed E-state index contributed by atoms with van der Waals surface area (Å²) >= 11 is 0. The predicted molar refractivity (Wildman–Crippen MR) is 82.3 cm³/mol. The van der Waals surface area contributed by atoms with E-state index in [1.807, 2.05) is 37.3 Å².